The van der Waals surface area contributed by atoms with Crippen molar-refractivity contribution in [1.29, 1.82) is 0 Å². The van der Waals surface area contributed by atoms with Crippen molar-refractivity contribution in [2.45, 2.75) is 6.92 Å². The van der Waals surface area contributed by atoms with Crippen LogP contribution in [0.5, 0.6) is 0 Å². The molecule has 0 heteroatoms. The van der Waals surface area contributed by atoms with Crippen LogP contribution in [0.1, 0.15) is 5.56 Å². The van der Waals surface area contributed by atoms with Gasteiger partial charge in [-0.25, -0.2) is 0 Å². The summed E-state index contributed by atoms with van der Waals surface area (Å²) in [5, 5.41) is 5.30. The zero-order valence-electron chi connectivity index (χ0n) is 11.9. The summed E-state index contributed by atoms with van der Waals surface area (Å²) in [6.07, 6.45) is 0. The third-order valence-electron chi connectivity index (χ3n) is 4.21. The Labute approximate surface area is 124 Å². The van der Waals surface area contributed by atoms with Gasteiger partial charge in [0.2, 0.25) is 0 Å². The van der Waals surface area contributed by atoms with E-state index in [0.717, 1.165) is 0 Å². The zero-order valence-corrected chi connectivity index (χ0v) is 11.9. The van der Waals surface area contributed by atoms with Gasteiger partial charge in [0.15, 0.2) is 0 Å². The molecular weight excluding hydrogens is 252 g/mol. The standard InChI is InChI=1S/C21H15/c1-15-17-11-5-7-13-19(17)21(16-9-3-2-4-10-16)20-14-8-6-12-18(15)20/h3-14H,1H3. The Morgan fingerprint density at radius 2 is 1.10 bits per heavy atom. The summed E-state index contributed by atoms with van der Waals surface area (Å²) in [5.41, 5.74) is 3.93. The van der Waals surface area contributed by atoms with Crippen LogP contribution in [-0.2, 0) is 0 Å². The molecule has 21 heavy (non-hydrogen) atoms. The van der Waals surface area contributed by atoms with E-state index >= 15 is 0 Å². The van der Waals surface area contributed by atoms with Gasteiger partial charge in [0, 0.05) is 0 Å². The van der Waals surface area contributed by atoms with E-state index < -0.39 is 0 Å². The second kappa shape index (κ2) is 4.75. The summed E-state index contributed by atoms with van der Waals surface area (Å²) in [4.78, 5) is 0. The maximum Gasteiger partial charge on any atom is -0.00266 e. The first-order chi connectivity index (χ1) is 10.4. The molecule has 0 bridgehead atoms. The molecule has 0 fully saturated rings. The molecule has 0 heterocycles. The number of benzene rings is 4. The van der Waals surface area contributed by atoms with Crippen LogP contribution >= 0.6 is 0 Å². The highest BCUT2D eigenvalue weighted by Gasteiger charge is 2.11. The number of hydrogen-bond acceptors (Lipinski definition) is 0. The molecule has 0 aliphatic carbocycles. The fourth-order valence-electron chi connectivity index (χ4n) is 3.21. The quantitative estimate of drug-likeness (QED) is 0.384. The summed E-state index contributed by atoms with van der Waals surface area (Å²) in [6.45, 7) is 2.22. The van der Waals surface area contributed by atoms with Crippen LogP contribution < -0.4 is 0 Å². The normalized spacial score (nSPS) is 11.1. The van der Waals surface area contributed by atoms with Crippen molar-refractivity contribution in [2.24, 2.45) is 0 Å². The molecular formula is C21H15. The summed E-state index contributed by atoms with van der Waals surface area (Å²) in [7, 11) is 0. The van der Waals surface area contributed by atoms with Gasteiger partial charge in [-0.05, 0) is 51.2 Å². The van der Waals surface area contributed by atoms with Gasteiger partial charge in [-0.3, -0.25) is 0 Å². The predicted octanol–water partition coefficient (Wildman–Crippen LogP) is 5.77. The van der Waals surface area contributed by atoms with E-state index in [9.17, 15) is 0 Å². The van der Waals surface area contributed by atoms with Gasteiger partial charge in [0.05, 0.1) is 0 Å². The zero-order chi connectivity index (χ0) is 14.2. The molecule has 0 atom stereocenters. The Morgan fingerprint density at radius 1 is 0.619 bits per heavy atom. The third kappa shape index (κ3) is 1.84. The van der Waals surface area contributed by atoms with E-state index in [0.29, 0.717) is 0 Å². The summed E-state index contributed by atoms with van der Waals surface area (Å²) in [6, 6.07) is 28.7. The molecule has 0 saturated carbocycles. The number of aryl methyl sites for hydroxylation is 1. The first-order valence-electron chi connectivity index (χ1n) is 7.23. The second-order valence-electron chi connectivity index (χ2n) is 5.38. The summed E-state index contributed by atoms with van der Waals surface area (Å²) >= 11 is 0. The van der Waals surface area contributed by atoms with Crippen molar-refractivity contribution >= 4 is 21.5 Å². The lowest BCUT2D eigenvalue weighted by Gasteiger charge is -2.14. The minimum atomic E-state index is 1.25. The van der Waals surface area contributed by atoms with Gasteiger partial charge in [-0.15, -0.1) is 0 Å². The van der Waals surface area contributed by atoms with Gasteiger partial charge in [-0.2, -0.15) is 0 Å². The molecule has 99 valence electrons. The van der Waals surface area contributed by atoms with Crippen LogP contribution in [0, 0.1) is 13.0 Å². The minimum absolute atomic E-state index is 1.25. The van der Waals surface area contributed by atoms with Crippen LogP contribution in [0.3, 0.4) is 0 Å². The Morgan fingerprint density at radius 3 is 1.62 bits per heavy atom. The number of fused-ring (bicyclic) bond motifs is 2. The SMILES string of the molecule is Cc1c2ccccc2c(-c2cc[c]cc2)c2ccccc12. The molecule has 0 amide bonds. The van der Waals surface area contributed by atoms with Crippen LogP contribution in [0.2, 0.25) is 0 Å². The largest absolute Gasteiger partial charge is 0.0616 e. The molecule has 1 radical (unpaired) electrons. The van der Waals surface area contributed by atoms with Crippen LogP contribution in [0.4, 0.5) is 0 Å². The molecule has 0 nitrogen and oxygen atoms in total. The third-order valence-corrected chi connectivity index (χ3v) is 4.21. The highest BCUT2D eigenvalue weighted by molar-refractivity contribution is 6.14. The highest BCUT2D eigenvalue weighted by Crippen LogP contribution is 2.38. The molecule has 0 unspecified atom stereocenters. The van der Waals surface area contributed by atoms with E-state index in [1.165, 1.54) is 38.2 Å². The van der Waals surface area contributed by atoms with Crippen molar-refractivity contribution in [1.82, 2.24) is 0 Å². The molecule has 4 aromatic carbocycles. The summed E-state index contributed by atoms with van der Waals surface area (Å²) in [5.74, 6) is 0. The monoisotopic (exact) mass is 267 g/mol. The van der Waals surface area contributed by atoms with E-state index in [2.05, 4.69) is 73.7 Å². The van der Waals surface area contributed by atoms with Crippen molar-refractivity contribution in [3.63, 3.8) is 0 Å². The van der Waals surface area contributed by atoms with E-state index in [1.807, 2.05) is 12.1 Å². The van der Waals surface area contributed by atoms with Gasteiger partial charge < -0.3 is 0 Å². The van der Waals surface area contributed by atoms with Crippen molar-refractivity contribution in [2.75, 3.05) is 0 Å². The van der Waals surface area contributed by atoms with Crippen molar-refractivity contribution < 1.29 is 0 Å². The van der Waals surface area contributed by atoms with E-state index in [-0.39, 0.29) is 0 Å². The fraction of sp³-hybridized carbons (Fsp3) is 0.0476. The van der Waals surface area contributed by atoms with Crippen LogP contribution in [0.15, 0.2) is 72.8 Å². The van der Waals surface area contributed by atoms with Crippen molar-refractivity contribution in [3.05, 3.63) is 84.4 Å². The average molecular weight is 267 g/mol. The Balaban J connectivity index is 2.28. The van der Waals surface area contributed by atoms with E-state index in [1.54, 1.807) is 0 Å². The van der Waals surface area contributed by atoms with Crippen LogP contribution in [0.25, 0.3) is 32.7 Å². The minimum Gasteiger partial charge on any atom is -0.0616 e. The Bertz CT molecular complexity index is 877. The Kier molecular flexibility index (Phi) is 2.75. The van der Waals surface area contributed by atoms with Crippen molar-refractivity contribution in [3.8, 4) is 11.1 Å². The Hall–Kier alpha value is -2.60. The predicted molar refractivity (Wildman–Crippen MR) is 90.5 cm³/mol. The van der Waals surface area contributed by atoms with Gasteiger partial charge in [0.25, 0.3) is 0 Å². The van der Waals surface area contributed by atoms with Gasteiger partial charge in [-0.1, -0.05) is 72.8 Å². The first-order valence-corrected chi connectivity index (χ1v) is 7.23. The molecule has 0 spiro atoms. The molecule has 0 N–H and O–H groups in total. The number of hydrogen-bond donors (Lipinski definition) is 0. The first kappa shape index (κ1) is 12.2. The van der Waals surface area contributed by atoms with Gasteiger partial charge in [0.1, 0.15) is 0 Å². The molecule has 0 aromatic heterocycles. The number of rotatable bonds is 1. The highest BCUT2D eigenvalue weighted by atomic mass is 14.1. The smallest absolute Gasteiger partial charge is 0.00266 e. The lowest BCUT2D eigenvalue weighted by molar-refractivity contribution is 1.57. The second-order valence-corrected chi connectivity index (χ2v) is 5.38. The molecule has 4 rings (SSSR count). The van der Waals surface area contributed by atoms with E-state index in [4.69, 9.17) is 0 Å². The average Bonchev–Trinajstić information content (AvgIpc) is 2.56. The lowest BCUT2D eigenvalue weighted by Crippen LogP contribution is -1.88. The van der Waals surface area contributed by atoms with Crippen LogP contribution in [-0.4, -0.2) is 0 Å². The molecule has 0 aliphatic heterocycles. The maximum absolute atomic E-state index is 3.11. The molecule has 0 aliphatic rings. The lowest BCUT2D eigenvalue weighted by atomic mass is 9.89. The maximum atomic E-state index is 3.11. The molecule has 0 saturated heterocycles. The molecule has 4 aromatic rings. The topological polar surface area (TPSA) is 0 Å². The summed E-state index contributed by atoms with van der Waals surface area (Å²) < 4.78 is 0. The fourth-order valence-corrected chi connectivity index (χ4v) is 3.21. The van der Waals surface area contributed by atoms with Gasteiger partial charge >= 0.3 is 0 Å².